The number of aryl methyl sites for hydroxylation is 1. The number of hydrogen-bond donors (Lipinski definition) is 1. The molecule has 1 N–H and O–H groups in total. The molecule has 1 fully saturated rings. The zero-order valence-electron chi connectivity index (χ0n) is 20.0. The smallest absolute Gasteiger partial charge is 0.234 e. The van der Waals surface area contributed by atoms with E-state index in [9.17, 15) is 4.79 Å². The van der Waals surface area contributed by atoms with E-state index in [-0.39, 0.29) is 11.7 Å². The normalized spacial score (nSPS) is 13.9. The van der Waals surface area contributed by atoms with Gasteiger partial charge >= 0.3 is 0 Å². The maximum absolute atomic E-state index is 12.9. The van der Waals surface area contributed by atoms with Crippen LogP contribution in [0.1, 0.15) is 30.1 Å². The molecule has 8 nitrogen and oxygen atoms in total. The Morgan fingerprint density at radius 2 is 1.60 bits per heavy atom. The number of likely N-dealkylation sites (tertiary alicyclic amines) is 1. The van der Waals surface area contributed by atoms with E-state index in [4.69, 9.17) is 0 Å². The van der Waals surface area contributed by atoms with Crippen LogP contribution in [-0.4, -0.2) is 54.2 Å². The van der Waals surface area contributed by atoms with E-state index in [0.717, 1.165) is 53.9 Å². The second-order valence-electron chi connectivity index (χ2n) is 8.68. The molecule has 0 atom stereocenters. The van der Waals surface area contributed by atoms with Crippen LogP contribution in [0.25, 0.3) is 11.4 Å². The minimum Gasteiger partial charge on any atom is -0.322 e. The second kappa shape index (κ2) is 10.5. The van der Waals surface area contributed by atoms with Gasteiger partial charge in [-0.05, 0) is 64.0 Å². The molecule has 1 amide bonds. The fourth-order valence-electron chi connectivity index (χ4n) is 4.42. The van der Waals surface area contributed by atoms with Crippen LogP contribution < -0.4 is 5.32 Å². The van der Waals surface area contributed by atoms with Crippen molar-refractivity contribution in [2.75, 3.05) is 24.2 Å². The molecule has 180 valence electrons. The van der Waals surface area contributed by atoms with Crippen LogP contribution >= 0.6 is 11.8 Å². The summed E-state index contributed by atoms with van der Waals surface area (Å²) in [5.41, 5.74) is 4.39. The first kappa shape index (κ1) is 23.3. The lowest BCUT2D eigenvalue weighted by Gasteiger charge is -2.16. The number of amides is 1. The van der Waals surface area contributed by atoms with Gasteiger partial charge in [0.2, 0.25) is 5.91 Å². The number of carbonyl (C=O) groups excluding carboxylic acids is 1. The lowest BCUT2D eigenvalue weighted by atomic mass is 10.3. The van der Waals surface area contributed by atoms with Gasteiger partial charge in [-0.25, -0.2) is 4.68 Å². The third-order valence-electron chi connectivity index (χ3n) is 6.17. The number of rotatable bonds is 8. The number of aromatic nitrogens is 5. The average molecular weight is 488 g/mol. The predicted molar refractivity (Wildman–Crippen MR) is 138 cm³/mol. The first-order valence-corrected chi connectivity index (χ1v) is 12.8. The maximum atomic E-state index is 12.9. The molecule has 3 heterocycles. The Balaban J connectivity index is 1.31. The van der Waals surface area contributed by atoms with Crippen molar-refractivity contribution in [2.45, 2.75) is 38.4 Å². The Hall–Kier alpha value is -3.43. The van der Waals surface area contributed by atoms with Crippen molar-refractivity contribution < 1.29 is 4.79 Å². The van der Waals surface area contributed by atoms with Crippen molar-refractivity contribution >= 4 is 23.4 Å². The molecule has 2 aromatic heterocycles. The first-order chi connectivity index (χ1) is 17.1. The molecule has 2 aromatic carbocycles. The van der Waals surface area contributed by atoms with Crippen molar-refractivity contribution in [1.82, 2.24) is 29.4 Å². The first-order valence-electron chi connectivity index (χ1n) is 11.9. The number of para-hydroxylation sites is 2. The van der Waals surface area contributed by atoms with Crippen LogP contribution in [0.4, 0.5) is 5.69 Å². The standard InChI is InChI=1S/C26H29N7OS/c1-19-25(20(2)33(30-19)22-13-7-4-8-14-22)27-24(34)18-35-26-29-28-23(17-31-15-9-10-16-31)32(26)21-11-5-3-6-12-21/h3-8,11-14H,9-10,15-18H2,1-2H3,(H,27,34). The zero-order valence-corrected chi connectivity index (χ0v) is 20.8. The van der Waals surface area contributed by atoms with Crippen molar-refractivity contribution in [3.63, 3.8) is 0 Å². The number of thioether (sulfide) groups is 1. The van der Waals surface area contributed by atoms with Crippen LogP contribution in [0.15, 0.2) is 65.8 Å². The van der Waals surface area contributed by atoms with Gasteiger partial charge in [-0.2, -0.15) is 5.10 Å². The van der Waals surface area contributed by atoms with Crippen molar-refractivity contribution in [3.8, 4) is 11.4 Å². The molecule has 1 aliphatic heterocycles. The Labute approximate surface area is 209 Å². The summed E-state index contributed by atoms with van der Waals surface area (Å²) in [5, 5.41) is 17.3. The summed E-state index contributed by atoms with van der Waals surface area (Å²) in [6.45, 7) is 6.80. The minimum absolute atomic E-state index is 0.0995. The highest BCUT2D eigenvalue weighted by atomic mass is 32.2. The summed E-state index contributed by atoms with van der Waals surface area (Å²) in [5.74, 6) is 1.03. The van der Waals surface area contributed by atoms with Crippen molar-refractivity contribution in [1.29, 1.82) is 0 Å². The molecule has 35 heavy (non-hydrogen) atoms. The van der Waals surface area contributed by atoms with Gasteiger partial charge in [0.1, 0.15) is 0 Å². The van der Waals surface area contributed by atoms with E-state index in [0.29, 0.717) is 5.16 Å². The monoisotopic (exact) mass is 487 g/mol. The summed E-state index contributed by atoms with van der Waals surface area (Å²) >= 11 is 1.39. The molecule has 4 aromatic rings. The van der Waals surface area contributed by atoms with Crippen molar-refractivity contribution in [3.05, 3.63) is 77.9 Å². The fourth-order valence-corrected chi connectivity index (χ4v) is 5.19. The molecule has 0 aliphatic carbocycles. The van der Waals surface area contributed by atoms with E-state index < -0.39 is 0 Å². The van der Waals surface area contributed by atoms with E-state index in [1.54, 1.807) is 0 Å². The highest BCUT2D eigenvalue weighted by molar-refractivity contribution is 7.99. The minimum atomic E-state index is -0.0995. The SMILES string of the molecule is Cc1nn(-c2ccccc2)c(C)c1NC(=O)CSc1nnc(CN2CCCC2)n1-c1ccccc1. The fraction of sp³-hybridized carbons (Fsp3) is 0.308. The average Bonchev–Trinajstić information content (AvgIpc) is 3.61. The molecular weight excluding hydrogens is 458 g/mol. The molecule has 9 heteroatoms. The van der Waals surface area contributed by atoms with Gasteiger partial charge in [-0.1, -0.05) is 48.2 Å². The van der Waals surface area contributed by atoms with Gasteiger partial charge in [0.25, 0.3) is 0 Å². The molecule has 0 bridgehead atoms. The van der Waals surface area contributed by atoms with Gasteiger partial charge in [-0.15, -0.1) is 10.2 Å². The van der Waals surface area contributed by atoms with E-state index in [2.05, 4.69) is 30.1 Å². The number of hydrogen-bond acceptors (Lipinski definition) is 6. The summed E-state index contributed by atoms with van der Waals surface area (Å²) in [7, 11) is 0. The van der Waals surface area contributed by atoms with Crippen LogP contribution in [0, 0.1) is 13.8 Å². The number of anilines is 1. The van der Waals surface area contributed by atoms with Gasteiger partial charge < -0.3 is 5.32 Å². The summed E-state index contributed by atoms with van der Waals surface area (Å²) in [6.07, 6.45) is 2.45. The molecule has 0 spiro atoms. The molecule has 5 rings (SSSR count). The van der Waals surface area contributed by atoms with Crippen LogP contribution in [-0.2, 0) is 11.3 Å². The highest BCUT2D eigenvalue weighted by Crippen LogP contribution is 2.26. The largest absolute Gasteiger partial charge is 0.322 e. The van der Waals surface area contributed by atoms with Gasteiger partial charge in [0.05, 0.1) is 35.1 Å². The van der Waals surface area contributed by atoms with Crippen molar-refractivity contribution in [2.24, 2.45) is 0 Å². The van der Waals surface area contributed by atoms with E-state index >= 15 is 0 Å². The molecule has 0 unspecified atom stereocenters. The van der Waals surface area contributed by atoms with Crippen LogP contribution in [0.5, 0.6) is 0 Å². The quantitative estimate of drug-likeness (QED) is 0.371. The third-order valence-corrected chi connectivity index (χ3v) is 7.10. The maximum Gasteiger partial charge on any atom is 0.234 e. The van der Waals surface area contributed by atoms with Crippen LogP contribution in [0.3, 0.4) is 0 Å². The molecule has 0 radical (unpaired) electrons. The number of nitrogens with zero attached hydrogens (tertiary/aromatic N) is 6. The third kappa shape index (κ3) is 5.16. The number of benzene rings is 2. The van der Waals surface area contributed by atoms with Gasteiger partial charge in [0.15, 0.2) is 11.0 Å². The molecule has 1 aliphatic rings. The predicted octanol–water partition coefficient (Wildman–Crippen LogP) is 4.40. The Bertz CT molecular complexity index is 1290. The molecule has 0 saturated carbocycles. The Kier molecular flexibility index (Phi) is 6.96. The van der Waals surface area contributed by atoms with E-state index in [1.165, 1.54) is 24.6 Å². The number of carbonyl (C=O) groups is 1. The second-order valence-corrected chi connectivity index (χ2v) is 9.63. The Morgan fingerprint density at radius 1 is 0.943 bits per heavy atom. The molecule has 1 saturated heterocycles. The topological polar surface area (TPSA) is 80.9 Å². The molecular formula is C26H29N7OS. The lowest BCUT2D eigenvalue weighted by molar-refractivity contribution is -0.113. The number of nitrogens with one attached hydrogen (secondary N) is 1. The summed E-state index contributed by atoms with van der Waals surface area (Å²) < 4.78 is 3.93. The van der Waals surface area contributed by atoms with Gasteiger partial charge in [-0.3, -0.25) is 14.3 Å². The summed E-state index contributed by atoms with van der Waals surface area (Å²) in [4.78, 5) is 15.3. The van der Waals surface area contributed by atoms with E-state index in [1.807, 2.05) is 79.2 Å². The lowest BCUT2D eigenvalue weighted by Crippen LogP contribution is -2.21. The van der Waals surface area contributed by atoms with Gasteiger partial charge in [0, 0.05) is 5.69 Å². The summed E-state index contributed by atoms with van der Waals surface area (Å²) in [6, 6.07) is 20.0. The van der Waals surface area contributed by atoms with Crippen LogP contribution in [0.2, 0.25) is 0 Å². The Morgan fingerprint density at radius 3 is 2.29 bits per heavy atom. The zero-order chi connectivity index (χ0) is 24.2. The highest BCUT2D eigenvalue weighted by Gasteiger charge is 2.21.